The van der Waals surface area contributed by atoms with Crippen LogP contribution >= 0.6 is 11.6 Å². The van der Waals surface area contributed by atoms with Crippen LogP contribution in [0.4, 0.5) is 5.69 Å². The second-order valence-corrected chi connectivity index (χ2v) is 8.15. The summed E-state index contributed by atoms with van der Waals surface area (Å²) in [6.45, 7) is 1.28. The Labute approximate surface area is 203 Å². The monoisotopic (exact) mass is 480 g/mol. The number of nitro groups is 1. The summed E-state index contributed by atoms with van der Waals surface area (Å²) in [5.41, 5.74) is 1.65. The topological polar surface area (TPSA) is 89.8 Å². The van der Waals surface area contributed by atoms with Gasteiger partial charge in [0, 0.05) is 19.5 Å². The largest absolute Gasteiger partial charge is 0.492 e. The molecule has 0 aromatic heterocycles. The molecule has 0 saturated carbocycles. The Kier molecular flexibility index (Phi) is 9.17. The molecule has 3 aromatic rings. The van der Waals surface area contributed by atoms with Crippen molar-refractivity contribution >= 4 is 29.5 Å². The Balaban J connectivity index is 1.55. The van der Waals surface area contributed by atoms with Gasteiger partial charge in [-0.3, -0.25) is 19.7 Å². The number of nitrogens with zero attached hydrogens (tertiary/aromatic N) is 2. The molecule has 8 heteroatoms. The number of hydrogen-bond donors (Lipinski definition) is 0. The quantitative estimate of drug-likeness (QED) is 0.140. The first-order valence-electron chi connectivity index (χ1n) is 10.9. The van der Waals surface area contributed by atoms with Crippen LogP contribution in [-0.2, 0) is 17.9 Å². The number of benzene rings is 3. The van der Waals surface area contributed by atoms with Crippen LogP contribution in [-0.4, -0.2) is 28.6 Å². The normalized spacial score (nSPS) is 10.5. The van der Waals surface area contributed by atoms with Crippen molar-refractivity contribution in [1.82, 2.24) is 4.90 Å². The Morgan fingerprint density at radius 2 is 1.56 bits per heavy atom. The average molecular weight is 481 g/mol. The summed E-state index contributed by atoms with van der Waals surface area (Å²) < 4.78 is 5.58. The fourth-order valence-electron chi connectivity index (χ4n) is 3.48. The van der Waals surface area contributed by atoms with Crippen molar-refractivity contribution < 1.29 is 19.2 Å². The molecule has 0 unspecified atom stereocenters. The van der Waals surface area contributed by atoms with Crippen molar-refractivity contribution in [3.05, 3.63) is 105 Å². The lowest BCUT2D eigenvalue weighted by molar-refractivity contribution is -0.385. The number of carbonyl (C=O) groups is 2. The number of unbranched alkanes of at least 4 members (excludes halogenated alkanes) is 1. The van der Waals surface area contributed by atoms with Crippen LogP contribution < -0.4 is 4.74 Å². The van der Waals surface area contributed by atoms with E-state index in [4.69, 9.17) is 16.3 Å². The van der Waals surface area contributed by atoms with Crippen molar-refractivity contribution in [1.29, 1.82) is 0 Å². The molecule has 0 radical (unpaired) electrons. The summed E-state index contributed by atoms with van der Waals surface area (Å²) in [6, 6.07) is 22.1. The van der Waals surface area contributed by atoms with E-state index >= 15 is 0 Å². The van der Waals surface area contributed by atoms with Gasteiger partial charge in [-0.2, -0.15) is 0 Å². The zero-order valence-corrected chi connectivity index (χ0v) is 19.3. The first kappa shape index (κ1) is 24.9. The first-order valence-corrected chi connectivity index (χ1v) is 11.3. The zero-order valence-electron chi connectivity index (χ0n) is 18.6. The van der Waals surface area contributed by atoms with Gasteiger partial charge in [0.15, 0.2) is 6.29 Å². The second-order valence-electron chi connectivity index (χ2n) is 7.74. The minimum Gasteiger partial charge on any atom is -0.492 e. The Morgan fingerprint density at radius 1 is 0.971 bits per heavy atom. The standard InChI is InChI=1S/C26H25ClN2O5/c27-23-15-22(19-30)24(29(32)33)16-25(23)34-14-8-7-13-26(31)28(17-20-9-3-1-4-10-20)18-21-11-5-2-6-12-21/h1-6,9-12,15-16,19H,7-8,13-14,17-18H2. The molecule has 3 aromatic carbocycles. The number of nitro benzene ring substituents is 1. The minimum absolute atomic E-state index is 0.0386. The molecule has 0 aliphatic carbocycles. The highest BCUT2D eigenvalue weighted by Crippen LogP contribution is 2.32. The molecular weight excluding hydrogens is 456 g/mol. The van der Waals surface area contributed by atoms with E-state index in [1.165, 1.54) is 6.07 Å². The molecule has 1 amide bonds. The van der Waals surface area contributed by atoms with Gasteiger partial charge < -0.3 is 9.64 Å². The Bertz CT molecular complexity index is 1080. The third-order valence-electron chi connectivity index (χ3n) is 5.23. The van der Waals surface area contributed by atoms with Gasteiger partial charge in [-0.1, -0.05) is 72.3 Å². The highest BCUT2D eigenvalue weighted by atomic mass is 35.5. The number of hydrogen-bond acceptors (Lipinski definition) is 5. The van der Waals surface area contributed by atoms with Gasteiger partial charge in [0.25, 0.3) is 5.69 Å². The van der Waals surface area contributed by atoms with Gasteiger partial charge in [-0.25, -0.2) is 0 Å². The van der Waals surface area contributed by atoms with Crippen LogP contribution in [0.2, 0.25) is 5.02 Å². The number of ether oxygens (including phenoxy) is 1. The SMILES string of the molecule is O=Cc1cc(Cl)c(OCCCCC(=O)N(Cc2ccccc2)Cc2ccccc2)cc1[N+](=O)[O-]. The van der Waals surface area contributed by atoms with Gasteiger partial charge in [-0.15, -0.1) is 0 Å². The summed E-state index contributed by atoms with van der Waals surface area (Å²) in [5.74, 6) is 0.178. The van der Waals surface area contributed by atoms with E-state index < -0.39 is 4.92 Å². The van der Waals surface area contributed by atoms with Crippen molar-refractivity contribution in [2.75, 3.05) is 6.61 Å². The summed E-state index contributed by atoms with van der Waals surface area (Å²) in [5, 5.41) is 11.3. The van der Waals surface area contributed by atoms with E-state index in [0.29, 0.717) is 38.6 Å². The molecule has 0 fully saturated rings. The zero-order chi connectivity index (χ0) is 24.3. The van der Waals surface area contributed by atoms with Crippen LogP contribution in [0, 0.1) is 10.1 Å². The molecule has 0 heterocycles. The number of amides is 1. The third-order valence-corrected chi connectivity index (χ3v) is 5.53. The number of rotatable bonds is 12. The summed E-state index contributed by atoms with van der Waals surface area (Å²) in [4.78, 5) is 36.3. The lowest BCUT2D eigenvalue weighted by atomic mass is 10.1. The Hall–Kier alpha value is -3.71. The molecule has 0 N–H and O–H groups in total. The summed E-state index contributed by atoms with van der Waals surface area (Å²) >= 11 is 6.08. The molecule has 0 saturated heterocycles. The van der Waals surface area contributed by atoms with Gasteiger partial charge in [0.05, 0.1) is 28.2 Å². The molecular formula is C26H25ClN2O5. The maximum atomic E-state index is 13.0. The molecule has 0 bridgehead atoms. The molecule has 0 aliphatic heterocycles. The Morgan fingerprint density at radius 3 is 2.09 bits per heavy atom. The van der Waals surface area contributed by atoms with Gasteiger partial charge in [-0.05, 0) is 30.0 Å². The molecule has 176 valence electrons. The van der Waals surface area contributed by atoms with Gasteiger partial charge in [0.2, 0.25) is 5.91 Å². The van der Waals surface area contributed by atoms with Gasteiger partial charge in [0.1, 0.15) is 5.75 Å². The number of aldehydes is 1. The van der Waals surface area contributed by atoms with Crippen molar-refractivity contribution in [3.63, 3.8) is 0 Å². The third kappa shape index (κ3) is 7.15. The maximum Gasteiger partial charge on any atom is 0.283 e. The minimum atomic E-state index is -0.653. The van der Waals surface area contributed by atoms with E-state index in [1.54, 1.807) is 0 Å². The first-order chi connectivity index (χ1) is 16.5. The van der Waals surface area contributed by atoms with Crippen molar-refractivity contribution in [2.24, 2.45) is 0 Å². The van der Waals surface area contributed by atoms with Crippen LogP contribution in [0.5, 0.6) is 5.75 Å². The van der Waals surface area contributed by atoms with E-state index in [0.717, 1.165) is 17.2 Å². The number of halogens is 1. The number of carbonyl (C=O) groups excluding carboxylic acids is 2. The molecule has 7 nitrogen and oxygen atoms in total. The molecule has 0 atom stereocenters. The summed E-state index contributed by atoms with van der Waals surface area (Å²) in [7, 11) is 0. The molecule has 3 rings (SSSR count). The smallest absolute Gasteiger partial charge is 0.283 e. The van der Waals surface area contributed by atoms with Crippen LogP contribution in [0.25, 0.3) is 0 Å². The van der Waals surface area contributed by atoms with E-state index in [9.17, 15) is 19.7 Å². The van der Waals surface area contributed by atoms with E-state index in [2.05, 4.69) is 0 Å². The van der Waals surface area contributed by atoms with E-state index in [-0.39, 0.29) is 34.5 Å². The van der Waals surface area contributed by atoms with Crippen molar-refractivity contribution in [2.45, 2.75) is 32.4 Å². The van der Waals surface area contributed by atoms with Crippen LogP contribution in [0.15, 0.2) is 72.8 Å². The molecule has 34 heavy (non-hydrogen) atoms. The average Bonchev–Trinajstić information content (AvgIpc) is 2.85. The van der Waals surface area contributed by atoms with E-state index in [1.807, 2.05) is 65.6 Å². The fourth-order valence-corrected chi connectivity index (χ4v) is 3.71. The van der Waals surface area contributed by atoms with Gasteiger partial charge >= 0.3 is 0 Å². The predicted molar refractivity (Wildman–Crippen MR) is 130 cm³/mol. The van der Waals surface area contributed by atoms with Crippen LogP contribution in [0.1, 0.15) is 40.7 Å². The maximum absolute atomic E-state index is 13.0. The highest BCUT2D eigenvalue weighted by Gasteiger charge is 2.18. The predicted octanol–water partition coefficient (Wildman–Crippen LogP) is 5.84. The fraction of sp³-hybridized carbons (Fsp3) is 0.231. The highest BCUT2D eigenvalue weighted by molar-refractivity contribution is 6.32. The van der Waals surface area contributed by atoms with Crippen molar-refractivity contribution in [3.8, 4) is 5.75 Å². The lowest BCUT2D eigenvalue weighted by Crippen LogP contribution is -2.30. The lowest BCUT2D eigenvalue weighted by Gasteiger charge is -2.23. The second kappa shape index (κ2) is 12.5. The molecule has 0 aliphatic rings. The van der Waals surface area contributed by atoms with Crippen LogP contribution in [0.3, 0.4) is 0 Å². The summed E-state index contributed by atoms with van der Waals surface area (Å²) in [6.07, 6.45) is 1.89. The molecule has 0 spiro atoms.